The van der Waals surface area contributed by atoms with Crippen molar-refractivity contribution in [3.05, 3.63) is 51.1 Å². The number of hydrogen-bond acceptors (Lipinski definition) is 6. The summed E-state index contributed by atoms with van der Waals surface area (Å²) in [5, 5.41) is 18.8. The molecule has 148 valence electrons. The smallest absolute Gasteiger partial charge is 0.342 e. The number of carboxylic acid groups (broad SMARTS) is 2. The third-order valence-corrected chi connectivity index (χ3v) is 5.45. The van der Waals surface area contributed by atoms with E-state index in [1.165, 1.54) is 12.1 Å². The van der Waals surface area contributed by atoms with Gasteiger partial charge >= 0.3 is 11.9 Å². The van der Waals surface area contributed by atoms with E-state index >= 15 is 0 Å². The number of nitrogens with zero attached hydrogens (tertiary/aromatic N) is 1. The Hall–Kier alpha value is -2.85. The minimum atomic E-state index is -1.63. The molecule has 8 nitrogen and oxygen atoms in total. The second kappa shape index (κ2) is 8.03. The molecule has 5 N–H and O–H groups in total. The second-order valence-corrected chi connectivity index (χ2v) is 7.52. The zero-order valence-corrected chi connectivity index (χ0v) is 15.5. The quantitative estimate of drug-likeness (QED) is 0.588. The minimum Gasteiger partial charge on any atom is -0.478 e. The van der Waals surface area contributed by atoms with Gasteiger partial charge in [0.2, 0.25) is 0 Å². The fourth-order valence-electron chi connectivity index (χ4n) is 3.17. The van der Waals surface area contributed by atoms with Crippen LogP contribution in [0.2, 0.25) is 0 Å². The highest BCUT2D eigenvalue weighted by atomic mass is 32.2. The van der Waals surface area contributed by atoms with Crippen LogP contribution in [0, 0.1) is 5.82 Å². The van der Waals surface area contributed by atoms with E-state index in [-0.39, 0.29) is 5.56 Å². The number of aromatic nitrogens is 1. The number of aromatic amines is 1. The summed E-state index contributed by atoms with van der Waals surface area (Å²) >= 11 is 1.83. The molecule has 0 amide bonds. The molecular weight excluding hydrogens is 389 g/mol. The predicted octanol–water partition coefficient (Wildman–Crippen LogP) is 1.71. The molecule has 0 aliphatic carbocycles. The number of carboxylic acids is 2. The minimum absolute atomic E-state index is 0.0388. The van der Waals surface area contributed by atoms with Crippen LogP contribution in [-0.2, 0) is 6.54 Å². The fraction of sp³-hybridized carbons (Fsp3) is 0.278. The third-order valence-electron chi connectivity index (χ3n) is 4.51. The van der Waals surface area contributed by atoms with Crippen molar-refractivity contribution >= 4 is 29.5 Å². The number of carbonyl (C=O) groups is 2. The molecule has 1 aliphatic rings. The van der Waals surface area contributed by atoms with Crippen molar-refractivity contribution in [2.24, 2.45) is 0 Å². The van der Waals surface area contributed by atoms with Crippen LogP contribution in [-0.4, -0.2) is 56.6 Å². The topological polar surface area (TPSA) is 137 Å². The largest absolute Gasteiger partial charge is 0.478 e. The van der Waals surface area contributed by atoms with E-state index in [2.05, 4.69) is 4.90 Å². The van der Waals surface area contributed by atoms with Crippen molar-refractivity contribution in [3.8, 4) is 11.1 Å². The molecule has 1 saturated heterocycles. The Kier molecular flexibility index (Phi) is 5.71. The predicted molar refractivity (Wildman–Crippen MR) is 103 cm³/mol. The van der Waals surface area contributed by atoms with Gasteiger partial charge in [0, 0.05) is 42.3 Å². The van der Waals surface area contributed by atoms with Gasteiger partial charge < -0.3 is 20.9 Å². The van der Waals surface area contributed by atoms with E-state index < -0.39 is 45.8 Å². The molecule has 2 heterocycles. The van der Waals surface area contributed by atoms with E-state index in [4.69, 9.17) is 5.73 Å². The first kappa shape index (κ1) is 19.9. The van der Waals surface area contributed by atoms with Crippen LogP contribution >= 0.6 is 11.8 Å². The van der Waals surface area contributed by atoms with Gasteiger partial charge in [0.15, 0.2) is 0 Å². The SMILES string of the molecule is Nc1[nH]c(=O)c(C(=O)O)c(-c2ccc(CN3CCSCC3)c(F)c2)c1C(=O)O. The van der Waals surface area contributed by atoms with Crippen molar-refractivity contribution < 1.29 is 24.2 Å². The van der Waals surface area contributed by atoms with Gasteiger partial charge in [-0.15, -0.1) is 0 Å². The first-order valence-electron chi connectivity index (χ1n) is 8.40. The number of halogens is 1. The number of thioether (sulfide) groups is 1. The lowest BCUT2D eigenvalue weighted by molar-refractivity contribution is 0.0695. The van der Waals surface area contributed by atoms with Crippen LogP contribution in [0.1, 0.15) is 26.3 Å². The van der Waals surface area contributed by atoms with Gasteiger partial charge in [0.05, 0.1) is 0 Å². The summed E-state index contributed by atoms with van der Waals surface area (Å²) in [6.45, 7) is 2.06. The van der Waals surface area contributed by atoms with Crippen molar-refractivity contribution in [2.75, 3.05) is 30.3 Å². The van der Waals surface area contributed by atoms with Gasteiger partial charge in [-0.05, 0) is 11.6 Å². The molecule has 0 unspecified atom stereocenters. The first-order chi connectivity index (χ1) is 13.3. The lowest BCUT2D eigenvalue weighted by Crippen LogP contribution is -2.32. The number of H-pyrrole nitrogens is 1. The zero-order chi connectivity index (χ0) is 20.4. The van der Waals surface area contributed by atoms with E-state index in [1.54, 1.807) is 0 Å². The number of pyridine rings is 1. The summed E-state index contributed by atoms with van der Waals surface area (Å²) in [6, 6.07) is 3.92. The molecule has 0 bridgehead atoms. The molecule has 1 aromatic heterocycles. The Morgan fingerprint density at radius 1 is 1.18 bits per heavy atom. The highest BCUT2D eigenvalue weighted by molar-refractivity contribution is 7.99. The number of nitrogens with two attached hydrogens (primary N) is 1. The normalized spacial score (nSPS) is 14.8. The Balaban J connectivity index is 2.10. The maximum absolute atomic E-state index is 14.7. The highest BCUT2D eigenvalue weighted by Gasteiger charge is 2.27. The molecule has 2 aromatic rings. The Bertz CT molecular complexity index is 1000. The maximum Gasteiger partial charge on any atom is 0.342 e. The average Bonchev–Trinajstić information content (AvgIpc) is 2.63. The number of nitrogen functional groups attached to an aromatic ring is 1. The molecular formula is C18H18FN3O5S. The number of rotatable bonds is 5. The van der Waals surface area contributed by atoms with Crippen molar-refractivity contribution in [2.45, 2.75) is 6.54 Å². The van der Waals surface area contributed by atoms with Gasteiger partial charge in [0.25, 0.3) is 5.56 Å². The monoisotopic (exact) mass is 407 g/mol. The molecule has 10 heteroatoms. The Morgan fingerprint density at radius 2 is 1.82 bits per heavy atom. The van der Waals surface area contributed by atoms with E-state index in [0.29, 0.717) is 12.1 Å². The van der Waals surface area contributed by atoms with Gasteiger partial charge in [-0.1, -0.05) is 12.1 Å². The number of nitrogens with one attached hydrogen (secondary N) is 1. The zero-order valence-electron chi connectivity index (χ0n) is 14.7. The molecule has 3 rings (SSSR count). The molecule has 1 aromatic carbocycles. The van der Waals surface area contributed by atoms with Crippen LogP contribution in [0.5, 0.6) is 0 Å². The third kappa shape index (κ3) is 3.87. The van der Waals surface area contributed by atoms with E-state index in [0.717, 1.165) is 30.7 Å². The maximum atomic E-state index is 14.7. The van der Waals surface area contributed by atoms with Crippen LogP contribution in [0.15, 0.2) is 23.0 Å². The van der Waals surface area contributed by atoms with Gasteiger partial charge in [-0.25, -0.2) is 14.0 Å². The summed E-state index contributed by atoms with van der Waals surface area (Å²) in [7, 11) is 0. The van der Waals surface area contributed by atoms with Gasteiger partial charge in [-0.2, -0.15) is 11.8 Å². The first-order valence-corrected chi connectivity index (χ1v) is 9.56. The number of hydrogen-bond donors (Lipinski definition) is 4. The lowest BCUT2D eigenvalue weighted by atomic mass is 9.94. The molecule has 1 aliphatic heterocycles. The van der Waals surface area contributed by atoms with Crippen LogP contribution < -0.4 is 11.3 Å². The van der Waals surface area contributed by atoms with E-state index in [1.807, 2.05) is 16.7 Å². The Labute approximate surface area is 163 Å². The molecule has 0 saturated carbocycles. The molecule has 1 fully saturated rings. The van der Waals surface area contributed by atoms with Gasteiger partial charge in [-0.3, -0.25) is 9.69 Å². The number of aromatic carboxylic acids is 2. The van der Waals surface area contributed by atoms with E-state index in [9.17, 15) is 29.0 Å². The summed E-state index contributed by atoms with van der Waals surface area (Å²) in [5.74, 6) is -2.32. The van der Waals surface area contributed by atoms with Crippen molar-refractivity contribution in [3.63, 3.8) is 0 Å². The number of benzene rings is 1. The van der Waals surface area contributed by atoms with Crippen LogP contribution in [0.25, 0.3) is 11.1 Å². The lowest BCUT2D eigenvalue weighted by Gasteiger charge is -2.26. The molecule has 0 atom stereocenters. The van der Waals surface area contributed by atoms with Gasteiger partial charge in [0.1, 0.15) is 22.8 Å². The summed E-state index contributed by atoms with van der Waals surface area (Å²) in [5.41, 5.74) is 3.10. The van der Waals surface area contributed by atoms with Crippen molar-refractivity contribution in [1.82, 2.24) is 9.88 Å². The number of anilines is 1. The Morgan fingerprint density at radius 3 is 2.39 bits per heavy atom. The molecule has 28 heavy (non-hydrogen) atoms. The van der Waals surface area contributed by atoms with Crippen LogP contribution in [0.4, 0.5) is 10.2 Å². The molecule has 0 radical (unpaired) electrons. The summed E-state index contributed by atoms with van der Waals surface area (Å²) in [4.78, 5) is 39.4. The summed E-state index contributed by atoms with van der Waals surface area (Å²) in [6.07, 6.45) is 0. The molecule has 0 spiro atoms. The van der Waals surface area contributed by atoms with Crippen molar-refractivity contribution in [1.29, 1.82) is 0 Å². The highest BCUT2D eigenvalue weighted by Crippen LogP contribution is 2.30. The van der Waals surface area contributed by atoms with Crippen LogP contribution in [0.3, 0.4) is 0 Å². The second-order valence-electron chi connectivity index (χ2n) is 6.30. The standard InChI is InChI=1S/C18H18FN3O5S/c19-11-7-9(1-2-10(11)8-22-3-5-28-6-4-22)12-13(17(24)25)15(20)21-16(23)14(12)18(26)27/h1-2,7H,3-6,8H2,(H,24,25)(H,26,27)(H3,20,21,23). The summed E-state index contributed by atoms with van der Waals surface area (Å²) < 4.78 is 14.7. The fourth-order valence-corrected chi connectivity index (χ4v) is 4.15. The average molecular weight is 407 g/mol.